The van der Waals surface area contributed by atoms with Crippen LogP contribution in [0.5, 0.6) is 5.75 Å². The van der Waals surface area contributed by atoms with Gasteiger partial charge in [0.1, 0.15) is 5.75 Å². The van der Waals surface area contributed by atoms with Gasteiger partial charge in [-0.05, 0) is 43.3 Å². The number of anilines is 1. The number of rotatable bonds is 6. The molecule has 0 saturated heterocycles. The fourth-order valence-corrected chi connectivity index (χ4v) is 2.53. The van der Waals surface area contributed by atoms with Gasteiger partial charge in [0.15, 0.2) is 6.10 Å². The number of methoxy groups -OCH3 is 1. The van der Waals surface area contributed by atoms with Gasteiger partial charge in [0.25, 0.3) is 5.91 Å². The molecule has 1 atom stereocenters. The summed E-state index contributed by atoms with van der Waals surface area (Å²) in [5.41, 5.74) is 1.11. The minimum Gasteiger partial charge on any atom is -0.496 e. The van der Waals surface area contributed by atoms with Crippen LogP contribution < -0.4 is 10.1 Å². The molecule has 0 aliphatic rings. The SMILES string of the molecule is COc1ccc(Cl)cc1CC(=O)O[C@@H](C)C(=O)Nc1cccc(Cl)c1. The topological polar surface area (TPSA) is 64.6 Å². The predicted molar refractivity (Wildman–Crippen MR) is 97.3 cm³/mol. The first-order valence-corrected chi connectivity index (χ1v) is 8.23. The molecule has 0 bridgehead atoms. The minimum absolute atomic E-state index is 0.0570. The van der Waals surface area contributed by atoms with E-state index in [0.29, 0.717) is 27.0 Å². The maximum atomic E-state index is 12.1. The van der Waals surface area contributed by atoms with Crippen LogP contribution in [0.25, 0.3) is 0 Å². The highest BCUT2D eigenvalue weighted by atomic mass is 35.5. The van der Waals surface area contributed by atoms with Gasteiger partial charge in [-0.25, -0.2) is 0 Å². The normalized spacial score (nSPS) is 11.5. The molecule has 0 heterocycles. The molecule has 7 heteroatoms. The lowest BCUT2D eigenvalue weighted by Crippen LogP contribution is -2.30. The fraction of sp³-hybridized carbons (Fsp3) is 0.222. The predicted octanol–water partition coefficient (Wildman–Crippen LogP) is 4.11. The first kappa shape index (κ1) is 19.1. The molecule has 0 aliphatic carbocycles. The molecule has 0 saturated carbocycles. The minimum atomic E-state index is -0.961. The number of ether oxygens (including phenoxy) is 2. The zero-order chi connectivity index (χ0) is 18.4. The molecule has 0 aliphatic heterocycles. The van der Waals surface area contributed by atoms with E-state index in [1.54, 1.807) is 42.5 Å². The number of nitrogens with one attached hydrogen (secondary N) is 1. The maximum absolute atomic E-state index is 12.1. The number of amides is 1. The molecule has 0 unspecified atom stereocenters. The monoisotopic (exact) mass is 381 g/mol. The highest BCUT2D eigenvalue weighted by Gasteiger charge is 2.19. The Bertz CT molecular complexity index is 779. The second-order valence-corrected chi connectivity index (χ2v) is 6.14. The van der Waals surface area contributed by atoms with E-state index >= 15 is 0 Å². The second kappa shape index (κ2) is 8.74. The molecule has 2 aromatic rings. The van der Waals surface area contributed by atoms with E-state index in [0.717, 1.165) is 0 Å². The average Bonchev–Trinajstić information content (AvgIpc) is 2.55. The van der Waals surface area contributed by atoms with Gasteiger partial charge in [0.05, 0.1) is 13.5 Å². The van der Waals surface area contributed by atoms with Gasteiger partial charge in [-0.2, -0.15) is 0 Å². The Hall–Kier alpha value is -2.24. The van der Waals surface area contributed by atoms with Crippen LogP contribution in [0.15, 0.2) is 42.5 Å². The summed E-state index contributed by atoms with van der Waals surface area (Å²) >= 11 is 11.8. The van der Waals surface area contributed by atoms with E-state index in [1.807, 2.05) is 0 Å². The summed E-state index contributed by atoms with van der Waals surface area (Å²) in [7, 11) is 1.50. The van der Waals surface area contributed by atoms with Gasteiger partial charge < -0.3 is 14.8 Å². The molecular weight excluding hydrogens is 365 g/mol. The van der Waals surface area contributed by atoms with Crippen molar-refractivity contribution in [2.75, 3.05) is 12.4 Å². The van der Waals surface area contributed by atoms with Crippen molar-refractivity contribution in [1.29, 1.82) is 0 Å². The largest absolute Gasteiger partial charge is 0.496 e. The van der Waals surface area contributed by atoms with Crippen molar-refractivity contribution < 1.29 is 19.1 Å². The third-order valence-electron chi connectivity index (χ3n) is 3.35. The molecule has 1 amide bonds. The van der Waals surface area contributed by atoms with Crippen molar-refractivity contribution in [2.24, 2.45) is 0 Å². The second-order valence-electron chi connectivity index (χ2n) is 5.26. The van der Waals surface area contributed by atoms with Gasteiger partial charge in [0.2, 0.25) is 0 Å². The van der Waals surface area contributed by atoms with Crippen molar-refractivity contribution >= 4 is 40.8 Å². The van der Waals surface area contributed by atoms with E-state index in [2.05, 4.69) is 5.32 Å². The van der Waals surface area contributed by atoms with Crippen LogP contribution in [-0.4, -0.2) is 25.1 Å². The molecule has 0 spiro atoms. The number of carbonyl (C=O) groups excluding carboxylic acids is 2. The molecule has 5 nitrogen and oxygen atoms in total. The highest BCUT2D eigenvalue weighted by Crippen LogP contribution is 2.23. The third kappa shape index (κ3) is 5.66. The maximum Gasteiger partial charge on any atom is 0.311 e. The summed E-state index contributed by atoms with van der Waals surface area (Å²) in [6.45, 7) is 1.49. The third-order valence-corrected chi connectivity index (χ3v) is 3.82. The quantitative estimate of drug-likeness (QED) is 0.764. The highest BCUT2D eigenvalue weighted by molar-refractivity contribution is 6.31. The van der Waals surface area contributed by atoms with Crippen LogP contribution in [0.4, 0.5) is 5.69 Å². The van der Waals surface area contributed by atoms with Gasteiger partial charge in [-0.1, -0.05) is 29.3 Å². The molecule has 2 rings (SSSR count). The summed E-state index contributed by atoms with van der Waals surface area (Å²) in [5, 5.41) is 3.61. The van der Waals surface area contributed by atoms with E-state index in [-0.39, 0.29) is 6.42 Å². The van der Waals surface area contributed by atoms with Crippen LogP contribution in [0.3, 0.4) is 0 Å². The number of hydrogen-bond donors (Lipinski definition) is 1. The lowest BCUT2D eigenvalue weighted by molar-refractivity contribution is -0.152. The lowest BCUT2D eigenvalue weighted by Gasteiger charge is -2.14. The van der Waals surface area contributed by atoms with Crippen LogP contribution in [0, 0.1) is 0 Å². The Morgan fingerprint density at radius 1 is 1.12 bits per heavy atom. The molecule has 0 fully saturated rings. The zero-order valence-electron chi connectivity index (χ0n) is 13.7. The van der Waals surface area contributed by atoms with Gasteiger partial charge in [-0.15, -0.1) is 0 Å². The van der Waals surface area contributed by atoms with E-state index in [9.17, 15) is 9.59 Å². The van der Waals surface area contributed by atoms with Crippen LogP contribution >= 0.6 is 23.2 Å². The Morgan fingerprint density at radius 2 is 1.84 bits per heavy atom. The smallest absolute Gasteiger partial charge is 0.311 e. The Labute approximate surface area is 155 Å². The number of carbonyl (C=O) groups is 2. The average molecular weight is 382 g/mol. The van der Waals surface area contributed by atoms with Gasteiger partial charge in [-0.3, -0.25) is 9.59 Å². The molecule has 25 heavy (non-hydrogen) atoms. The summed E-state index contributed by atoms with van der Waals surface area (Å²) in [5.74, 6) is -0.486. The Kier molecular flexibility index (Phi) is 6.67. The first-order valence-electron chi connectivity index (χ1n) is 7.47. The van der Waals surface area contributed by atoms with Crippen molar-refractivity contribution in [3.8, 4) is 5.75 Å². The fourth-order valence-electron chi connectivity index (χ4n) is 2.14. The van der Waals surface area contributed by atoms with Crippen LogP contribution in [0.2, 0.25) is 10.0 Å². The molecule has 2 aromatic carbocycles. The number of benzene rings is 2. The Morgan fingerprint density at radius 3 is 2.52 bits per heavy atom. The van der Waals surface area contributed by atoms with Crippen LogP contribution in [0.1, 0.15) is 12.5 Å². The lowest BCUT2D eigenvalue weighted by atomic mass is 10.1. The Balaban J connectivity index is 1.95. The zero-order valence-corrected chi connectivity index (χ0v) is 15.2. The molecule has 0 aromatic heterocycles. The van der Waals surface area contributed by atoms with E-state index in [1.165, 1.54) is 14.0 Å². The standard InChI is InChI=1S/C18H17Cl2NO4/c1-11(18(23)21-15-5-3-4-13(19)10-15)25-17(22)9-12-8-14(20)6-7-16(12)24-2/h3-8,10-11H,9H2,1-2H3,(H,21,23)/t11-/m0/s1. The molecule has 1 N–H and O–H groups in total. The van der Waals surface area contributed by atoms with Crippen molar-refractivity contribution in [1.82, 2.24) is 0 Å². The molecule has 0 radical (unpaired) electrons. The summed E-state index contributed by atoms with van der Waals surface area (Å²) < 4.78 is 10.4. The summed E-state index contributed by atoms with van der Waals surface area (Å²) in [4.78, 5) is 24.2. The first-order chi connectivity index (χ1) is 11.9. The molecular formula is C18H17Cl2NO4. The number of esters is 1. The number of hydrogen-bond acceptors (Lipinski definition) is 4. The van der Waals surface area contributed by atoms with Crippen LogP contribution in [-0.2, 0) is 20.7 Å². The van der Waals surface area contributed by atoms with Gasteiger partial charge in [0, 0.05) is 21.3 Å². The summed E-state index contributed by atoms with van der Waals surface area (Å²) in [6.07, 6.45) is -1.02. The van der Waals surface area contributed by atoms with Crippen molar-refractivity contribution in [3.63, 3.8) is 0 Å². The van der Waals surface area contributed by atoms with Gasteiger partial charge >= 0.3 is 5.97 Å². The van der Waals surface area contributed by atoms with E-state index < -0.39 is 18.0 Å². The van der Waals surface area contributed by atoms with E-state index in [4.69, 9.17) is 32.7 Å². The molecule has 132 valence electrons. The van der Waals surface area contributed by atoms with Crippen molar-refractivity contribution in [3.05, 3.63) is 58.1 Å². The summed E-state index contributed by atoms with van der Waals surface area (Å²) in [6, 6.07) is 11.6. The number of halogens is 2. The van der Waals surface area contributed by atoms with Crippen molar-refractivity contribution in [2.45, 2.75) is 19.4 Å².